The molecule has 0 aromatic carbocycles. The summed E-state index contributed by atoms with van der Waals surface area (Å²) in [5.74, 6) is 2.13. The summed E-state index contributed by atoms with van der Waals surface area (Å²) in [6.45, 7) is 2.75. The number of rotatable bonds is 4. The first-order valence-corrected chi connectivity index (χ1v) is 7.29. The zero-order valence-electron chi connectivity index (χ0n) is 11.9. The van der Waals surface area contributed by atoms with Crippen LogP contribution in [0.2, 0.25) is 0 Å². The minimum Gasteiger partial charge on any atom is -0.449 e. The van der Waals surface area contributed by atoms with Crippen LogP contribution in [-0.2, 0) is 6.54 Å². The molecule has 21 heavy (non-hydrogen) atoms. The Morgan fingerprint density at radius 1 is 1.19 bits per heavy atom. The van der Waals surface area contributed by atoms with Crippen LogP contribution in [0.15, 0.2) is 34.9 Å². The molecule has 0 bridgehead atoms. The monoisotopic (exact) mass is 282 g/mol. The van der Waals surface area contributed by atoms with Gasteiger partial charge in [-0.3, -0.25) is 0 Å². The van der Waals surface area contributed by atoms with Crippen LogP contribution in [0.25, 0.3) is 0 Å². The Balaban J connectivity index is 1.58. The predicted octanol–water partition coefficient (Wildman–Crippen LogP) is 3.15. The highest BCUT2D eigenvalue weighted by Crippen LogP contribution is 2.19. The molecule has 0 saturated carbocycles. The lowest BCUT2D eigenvalue weighted by molar-refractivity contribution is 0.506. The zero-order valence-corrected chi connectivity index (χ0v) is 11.9. The minimum atomic E-state index is 0.338. The average molecular weight is 282 g/mol. The van der Waals surface area contributed by atoms with E-state index in [9.17, 15) is 0 Å². The lowest BCUT2D eigenvalue weighted by Gasteiger charge is -2.27. The molecule has 0 atom stereocenters. The third-order valence-electron chi connectivity index (χ3n) is 3.67. The van der Waals surface area contributed by atoms with Gasteiger partial charge in [0.05, 0.1) is 18.4 Å². The maximum atomic E-state index is 8.71. The summed E-state index contributed by atoms with van der Waals surface area (Å²) in [5, 5.41) is 12.0. The summed E-state index contributed by atoms with van der Waals surface area (Å²) in [7, 11) is 0. The smallest absolute Gasteiger partial charge is 0.203 e. The van der Waals surface area contributed by atoms with Crippen molar-refractivity contribution >= 4 is 11.5 Å². The molecule has 1 N–H and O–H groups in total. The molecule has 2 aromatic rings. The topological polar surface area (TPSA) is 65.1 Å². The highest BCUT2D eigenvalue weighted by molar-refractivity contribution is 5.48. The van der Waals surface area contributed by atoms with Gasteiger partial charge >= 0.3 is 0 Å². The SMILES string of the molecule is N#Cc1ccc(CNc2ccc(N3CCCCC3)nc2)o1. The summed E-state index contributed by atoms with van der Waals surface area (Å²) in [5.41, 5.74) is 0.950. The molecule has 0 aliphatic carbocycles. The van der Waals surface area contributed by atoms with Crippen LogP contribution < -0.4 is 10.2 Å². The van der Waals surface area contributed by atoms with E-state index in [0.717, 1.165) is 30.4 Å². The Labute approximate surface area is 124 Å². The summed E-state index contributed by atoms with van der Waals surface area (Å²) in [6, 6.07) is 9.54. The standard InChI is InChI=1S/C16H18N4O/c17-10-14-5-6-15(21-14)12-18-13-4-7-16(19-11-13)20-8-2-1-3-9-20/h4-7,11,18H,1-3,8-9,12H2. The van der Waals surface area contributed by atoms with Crippen molar-refractivity contribution in [3.63, 3.8) is 0 Å². The van der Waals surface area contributed by atoms with Crippen molar-refractivity contribution in [2.45, 2.75) is 25.8 Å². The zero-order chi connectivity index (χ0) is 14.5. The third kappa shape index (κ3) is 3.34. The van der Waals surface area contributed by atoms with Crippen molar-refractivity contribution in [2.24, 2.45) is 0 Å². The van der Waals surface area contributed by atoms with Gasteiger partial charge in [-0.05, 0) is 43.5 Å². The summed E-state index contributed by atoms with van der Waals surface area (Å²) < 4.78 is 5.32. The lowest BCUT2D eigenvalue weighted by atomic mass is 10.1. The molecule has 1 saturated heterocycles. The van der Waals surface area contributed by atoms with Gasteiger partial charge in [0.2, 0.25) is 5.76 Å². The summed E-state index contributed by atoms with van der Waals surface area (Å²) in [6.07, 6.45) is 5.67. The second-order valence-corrected chi connectivity index (χ2v) is 5.18. The second-order valence-electron chi connectivity index (χ2n) is 5.18. The van der Waals surface area contributed by atoms with Gasteiger partial charge < -0.3 is 14.6 Å². The Morgan fingerprint density at radius 3 is 2.71 bits per heavy atom. The van der Waals surface area contributed by atoms with Crippen molar-refractivity contribution in [3.05, 3.63) is 42.0 Å². The van der Waals surface area contributed by atoms with Gasteiger partial charge in [0.15, 0.2) is 0 Å². The maximum Gasteiger partial charge on any atom is 0.203 e. The quantitative estimate of drug-likeness (QED) is 0.933. The number of nitriles is 1. The van der Waals surface area contributed by atoms with Crippen LogP contribution in [0.1, 0.15) is 30.8 Å². The van der Waals surface area contributed by atoms with Gasteiger partial charge in [0.1, 0.15) is 17.6 Å². The molecule has 3 rings (SSSR count). The lowest BCUT2D eigenvalue weighted by Crippen LogP contribution is -2.30. The molecule has 108 valence electrons. The van der Waals surface area contributed by atoms with E-state index in [4.69, 9.17) is 9.68 Å². The molecule has 0 amide bonds. The van der Waals surface area contributed by atoms with Crippen molar-refractivity contribution in [1.82, 2.24) is 4.98 Å². The van der Waals surface area contributed by atoms with Crippen LogP contribution in [0.3, 0.4) is 0 Å². The number of hydrogen-bond acceptors (Lipinski definition) is 5. The van der Waals surface area contributed by atoms with E-state index in [1.165, 1.54) is 19.3 Å². The fourth-order valence-corrected chi connectivity index (χ4v) is 2.52. The minimum absolute atomic E-state index is 0.338. The number of nitrogens with zero attached hydrogens (tertiary/aromatic N) is 3. The Kier molecular flexibility index (Phi) is 4.06. The van der Waals surface area contributed by atoms with Crippen molar-refractivity contribution in [2.75, 3.05) is 23.3 Å². The van der Waals surface area contributed by atoms with Crippen LogP contribution in [-0.4, -0.2) is 18.1 Å². The molecule has 0 unspecified atom stereocenters. The highest BCUT2D eigenvalue weighted by atomic mass is 16.3. The number of pyridine rings is 1. The van der Waals surface area contributed by atoms with E-state index in [1.807, 2.05) is 18.3 Å². The molecule has 2 aromatic heterocycles. The van der Waals surface area contributed by atoms with Crippen molar-refractivity contribution in [3.8, 4) is 6.07 Å². The van der Waals surface area contributed by atoms with E-state index in [2.05, 4.69) is 21.3 Å². The third-order valence-corrected chi connectivity index (χ3v) is 3.67. The Bertz CT molecular complexity index is 620. The molecule has 3 heterocycles. The molecular weight excluding hydrogens is 264 g/mol. The molecule has 1 aliphatic rings. The molecule has 5 heteroatoms. The van der Waals surface area contributed by atoms with Crippen LogP contribution in [0, 0.1) is 11.3 Å². The van der Waals surface area contributed by atoms with Gasteiger partial charge in [-0.2, -0.15) is 5.26 Å². The number of piperidine rings is 1. The van der Waals surface area contributed by atoms with Gasteiger partial charge in [-0.1, -0.05) is 0 Å². The average Bonchev–Trinajstić information content (AvgIpc) is 3.02. The summed E-state index contributed by atoms with van der Waals surface area (Å²) in [4.78, 5) is 6.85. The fourth-order valence-electron chi connectivity index (χ4n) is 2.52. The first-order valence-electron chi connectivity index (χ1n) is 7.29. The largest absolute Gasteiger partial charge is 0.449 e. The predicted molar refractivity (Wildman–Crippen MR) is 81.1 cm³/mol. The van der Waals surface area contributed by atoms with E-state index in [-0.39, 0.29) is 0 Å². The van der Waals surface area contributed by atoms with Gasteiger partial charge in [-0.25, -0.2) is 4.98 Å². The molecule has 1 aliphatic heterocycles. The number of furan rings is 1. The van der Waals surface area contributed by atoms with Crippen molar-refractivity contribution in [1.29, 1.82) is 5.26 Å². The normalized spacial score (nSPS) is 14.7. The van der Waals surface area contributed by atoms with Crippen LogP contribution in [0.4, 0.5) is 11.5 Å². The highest BCUT2D eigenvalue weighted by Gasteiger charge is 2.11. The number of nitrogens with one attached hydrogen (secondary N) is 1. The Hall–Kier alpha value is -2.48. The van der Waals surface area contributed by atoms with Gasteiger partial charge in [-0.15, -0.1) is 0 Å². The summed E-state index contributed by atoms with van der Waals surface area (Å²) >= 11 is 0. The second kappa shape index (κ2) is 6.31. The maximum absolute atomic E-state index is 8.71. The molecule has 5 nitrogen and oxygen atoms in total. The number of hydrogen-bond donors (Lipinski definition) is 1. The fraction of sp³-hybridized carbons (Fsp3) is 0.375. The molecule has 0 radical (unpaired) electrons. The first-order chi connectivity index (χ1) is 10.3. The van der Waals surface area contributed by atoms with Crippen LogP contribution >= 0.6 is 0 Å². The number of anilines is 2. The van der Waals surface area contributed by atoms with E-state index < -0.39 is 0 Å². The van der Waals surface area contributed by atoms with E-state index in [0.29, 0.717) is 12.3 Å². The first kappa shape index (κ1) is 13.5. The van der Waals surface area contributed by atoms with E-state index >= 15 is 0 Å². The van der Waals surface area contributed by atoms with Gasteiger partial charge in [0.25, 0.3) is 0 Å². The van der Waals surface area contributed by atoms with Gasteiger partial charge in [0, 0.05) is 13.1 Å². The number of aromatic nitrogens is 1. The van der Waals surface area contributed by atoms with Crippen molar-refractivity contribution < 1.29 is 4.42 Å². The Morgan fingerprint density at radius 2 is 2.05 bits per heavy atom. The molecule has 1 fully saturated rings. The van der Waals surface area contributed by atoms with E-state index in [1.54, 1.807) is 12.1 Å². The molecular formula is C16H18N4O. The molecule has 0 spiro atoms. The van der Waals surface area contributed by atoms with Crippen LogP contribution in [0.5, 0.6) is 0 Å².